The molecule has 0 aliphatic heterocycles. The van der Waals surface area contributed by atoms with Crippen LogP contribution in [0.25, 0.3) is 0 Å². The summed E-state index contributed by atoms with van der Waals surface area (Å²) in [6, 6.07) is 6.87. The summed E-state index contributed by atoms with van der Waals surface area (Å²) in [7, 11) is 0. The molecule has 1 fully saturated rings. The Morgan fingerprint density at radius 2 is 2.00 bits per heavy atom. The zero-order valence-electron chi connectivity index (χ0n) is 14.2. The SMILES string of the molecule is CC(C)c1ccc2c(c1)CC[C@@H]1[C@](C)(C(=O)[O-])CCC[C@@]21C. The predicted octanol–water partition coefficient (Wildman–Crippen LogP) is 3.57. The Hall–Kier alpha value is -1.31. The highest BCUT2D eigenvalue weighted by atomic mass is 16.4. The fourth-order valence-electron chi connectivity index (χ4n) is 5.11. The van der Waals surface area contributed by atoms with Gasteiger partial charge in [-0.05, 0) is 59.6 Å². The van der Waals surface area contributed by atoms with E-state index in [1.54, 1.807) is 0 Å². The summed E-state index contributed by atoms with van der Waals surface area (Å²) in [5.41, 5.74) is 3.52. The molecule has 0 N–H and O–H groups in total. The number of fused-ring (bicyclic) bond motifs is 3. The van der Waals surface area contributed by atoms with Crippen molar-refractivity contribution in [2.75, 3.05) is 0 Å². The molecule has 2 aliphatic carbocycles. The first kappa shape index (κ1) is 15.6. The average molecular weight is 299 g/mol. The highest BCUT2D eigenvalue weighted by molar-refractivity contribution is 5.73. The van der Waals surface area contributed by atoms with Crippen LogP contribution in [0, 0.1) is 11.3 Å². The minimum atomic E-state index is -0.856. The highest BCUT2D eigenvalue weighted by Gasteiger charge is 2.52. The number of hydrogen-bond acceptors (Lipinski definition) is 2. The van der Waals surface area contributed by atoms with Gasteiger partial charge in [0.2, 0.25) is 0 Å². The average Bonchev–Trinajstić information content (AvgIpc) is 2.46. The number of aryl methyl sites for hydroxylation is 1. The van der Waals surface area contributed by atoms with Crippen molar-refractivity contribution in [2.45, 2.75) is 71.1 Å². The molecular formula is C20H27O2-. The van der Waals surface area contributed by atoms with Gasteiger partial charge in [-0.2, -0.15) is 0 Å². The third-order valence-corrected chi connectivity index (χ3v) is 6.51. The summed E-state index contributed by atoms with van der Waals surface area (Å²) in [5.74, 6) is -0.127. The first-order valence-electron chi connectivity index (χ1n) is 8.64. The number of carbonyl (C=O) groups excluding carboxylic acids is 1. The van der Waals surface area contributed by atoms with Crippen molar-refractivity contribution in [2.24, 2.45) is 11.3 Å². The molecular weight excluding hydrogens is 272 g/mol. The monoisotopic (exact) mass is 299 g/mol. The Morgan fingerprint density at radius 1 is 1.27 bits per heavy atom. The normalized spacial score (nSPS) is 34.1. The Labute approximate surface area is 133 Å². The van der Waals surface area contributed by atoms with Crippen molar-refractivity contribution < 1.29 is 9.90 Å². The van der Waals surface area contributed by atoms with Crippen LogP contribution < -0.4 is 5.11 Å². The predicted molar refractivity (Wildman–Crippen MR) is 86.7 cm³/mol. The van der Waals surface area contributed by atoms with Gasteiger partial charge in [0.1, 0.15) is 0 Å². The van der Waals surface area contributed by atoms with Gasteiger partial charge in [-0.15, -0.1) is 0 Å². The summed E-state index contributed by atoms with van der Waals surface area (Å²) < 4.78 is 0. The number of carboxylic acid groups (broad SMARTS) is 1. The summed E-state index contributed by atoms with van der Waals surface area (Å²) in [6.45, 7) is 8.65. The number of rotatable bonds is 2. The molecule has 2 nitrogen and oxygen atoms in total. The maximum absolute atomic E-state index is 11.8. The maximum Gasteiger partial charge on any atom is 0.0476 e. The summed E-state index contributed by atoms with van der Waals surface area (Å²) >= 11 is 0. The third kappa shape index (κ3) is 2.11. The van der Waals surface area contributed by atoms with Crippen LogP contribution in [0.3, 0.4) is 0 Å². The van der Waals surface area contributed by atoms with Crippen LogP contribution >= 0.6 is 0 Å². The van der Waals surface area contributed by atoms with Crippen molar-refractivity contribution in [3.8, 4) is 0 Å². The van der Waals surface area contributed by atoms with Crippen molar-refractivity contribution in [1.82, 2.24) is 0 Å². The largest absolute Gasteiger partial charge is 0.550 e. The lowest BCUT2D eigenvalue weighted by Gasteiger charge is -2.56. The van der Waals surface area contributed by atoms with E-state index in [0.717, 1.165) is 32.1 Å². The van der Waals surface area contributed by atoms with Gasteiger partial charge in [-0.25, -0.2) is 0 Å². The van der Waals surface area contributed by atoms with Crippen LogP contribution in [0.15, 0.2) is 18.2 Å². The quantitative estimate of drug-likeness (QED) is 0.837. The Kier molecular flexibility index (Phi) is 3.62. The van der Waals surface area contributed by atoms with E-state index in [9.17, 15) is 9.90 Å². The van der Waals surface area contributed by atoms with Crippen molar-refractivity contribution in [1.29, 1.82) is 0 Å². The Morgan fingerprint density at radius 3 is 2.64 bits per heavy atom. The van der Waals surface area contributed by atoms with Crippen molar-refractivity contribution >= 4 is 5.97 Å². The van der Waals surface area contributed by atoms with E-state index in [1.165, 1.54) is 16.7 Å². The van der Waals surface area contributed by atoms with Crippen molar-refractivity contribution in [3.63, 3.8) is 0 Å². The first-order chi connectivity index (χ1) is 10.3. The Bertz CT molecular complexity index is 604. The van der Waals surface area contributed by atoms with Gasteiger partial charge < -0.3 is 9.90 Å². The van der Waals surface area contributed by atoms with Crippen LogP contribution in [0.5, 0.6) is 0 Å². The van der Waals surface area contributed by atoms with E-state index in [-0.39, 0.29) is 11.3 Å². The number of aliphatic carboxylic acids is 1. The van der Waals surface area contributed by atoms with Crippen LogP contribution in [0.4, 0.5) is 0 Å². The number of carboxylic acids is 1. The molecule has 0 heterocycles. The fraction of sp³-hybridized carbons (Fsp3) is 0.650. The molecule has 1 aromatic rings. The lowest BCUT2D eigenvalue weighted by molar-refractivity contribution is -0.324. The molecule has 2 heteroatoms. The standard InChI is InChI=1S/C20H28O2/c1-13(2)14-6-8-16-15(12-14)7-9-17-19(16,3)10-5-11-20(17,4)18(21)22/h6,8,12-13,17H,5,7,9-11H2,1-4H3,(H,21,22)/p-1/t17-,19-,20+/m0/s1. The topological polar surface area (TPSA) is 40.1 Å². The lowest BCUT2D eigenvalue weighted by Crippen LogP contribution is -2.56. The second-order valence-electron chi connectivity index (χ2n) is 8.14. The van der Waals surface area contributed by atoms with E-state index >= 15 is 0 Å². The van der Waals surface area contributed by atoms with Crippen molar-refractivity contribution in [3.05, 3.63) is 34.9 Å². The van der Waals surface area contributed by atoms with E-state index in [1.807, 2.05) is 6.92 Å². The molecule has 3 atom stereocenters. The molecule has 3 rings (SSSR count). The number of carbonyl (C=O) groups is 1. The van der Waals surface area contributed by atoms with Gasteiger partial charge in [0.25, 0.3) is 0 Å². The van der Waals surface area contributed by atoms with Gasteiger partial charge in [0.05, 0.1) is 0 Å². The Balaban J connectivity index is 2.08. The smallest absolute Gasteiger partial charge is 0.0476 e. The third-order valence-electron chi connectivity index (χ3n) is 6.51. The van der Waals surface area contributed by atoms with E-state index in [0.29, 0.717) is 5.92 Å². The van der Waals surface area contributed by atoms with Gasteiger partial charge in [0.15, 0.2) is 0 Å². The molecule has 0 aromatic heterocycles. The van der Waals surface area contributed by atoms with E-state index in [4.69, 9.17) is 0 Å². The molecule has 0 bridgehead atoms. The molecule has 0 spiro atoms. The maximum atomic E-state index is 11.8. The summed E-state index contributed by atoms with van der Waals surface area (Å²) in [5, 5.41) is 11.8. The fourth-order valence-corrected chi connectivity index (χ4v) is 5.11. The summed E-state index contributed by atoms with van der Waals surface area (Å²) in [4.78, 5) is 11.8. The molecule has 0 unspecified atom stereocenters. The zero-order valence-corrected chi connectivity index (χ0v) is 14.2. The molecule has 0 amide bonds. The summed E-state index contributed by atoms with van der Waals surface area (Å²) in [6.07, 6.45) is 4.79. The van der Waals surface area contributed by atoms with Gasteiger partial charge in [0, 0.05) is 11.4 Å². The minimum absolute atomic E-state index is 0.0177. The van der Waals surface area contributed by atoms with Crippen LogP contribution in [0.2, 0.25) is 0 Å². The zero-order chi connectivity index (χ0) is 16.1. The van der Waals surface area contributed by atoms with Gasteiger partial charge in [-0.1, -0.05) is 52.3 Å². The van der Waals surface area contributed by atoms with Crippen LogP contribution in [-0.4, -0.2) is 5.97 Å². The highest BCUT2D eigenvalue weighted by Crippen LogP contribution is 2.57. The van der Waals surface area contributed by atoms with Crippen LogP contribution in [0.1, 0.15) is 76.0 Å². The van der Waals surface area contributed by atoms with Gasteiger partial charge >= 0.3 is 0 Å². The van der Waals surface area contributed by atoms with E-state index in [2.05, 4.69) is 39.0 Å². The first-order valence-corrected chi connectivity index (χ1v) is 8.64. The molecule has 1 saturated carbocycles. The molecule has 1 aromatic carbocycles. The second kappa shape index (κ2) is 5.11. The second-order valence-corrected chi connectivity index (χ2v) is 8.14. The minimum Gasteiger partial charge on any atom is -0.550 e. The van der Waals surface area contributed by atoms with Gasteiger partial charge in [-0.3, -0.25) is 0 Å². The molecule has 2 aliphatic rings. The molecule has 0 saturated heterocycles. The molecule has 0 radical (unpaired) electrons. The molecule has 120 valence electrons. The number of benzene rings is 1. The molecule has 22 heavy (non-hydrogen) atoms. The lowest BCUT2D eigenvalue weighted by atomic mass is 9.50. The van der Waals surface area contributed by atoms with E-state index < -0.39 is 11.4 Å². The van der Waals surface area contributed by atoms with Crippen LogP contribution in [-0.2, 0) is 16.6 Å². The number of hydrogen-bond donors (Lipinski definition) is 0.